The summed E-state index contributed by atoms with van der Waals surface area (Å²) in [4.78, 5) is 13.6. The molecule has 2 fully saturated rings. The van der Waals surface area contributed by atoms with Crippen LogP contribution in [-0.4, -0.2) is 126 Å². The largest absolute Gasteiger partial charge is 0.508 e. The first-order chi connectivity index (χ1) is 20.4. The second-order valence-electron chi connectivity index (χ2n) is 10.1. The van der Waals surface area contributed by atoms with Crippen LogP contribution in [0.1, 0.15) is 0 Å². The van der Waals surface area contributed by atoms with Gasteiger partial charge < -0.3 is 74.4 Å². The third-order valence-corrected chi connectivity index (χ3v) is 7.22. The molecule has 2 aromatic carbocycles. The van der Waals surface area contributed by atoms with E-state index in [1.54, 1.807) is 0 Å². The number of ether oxygens (including phenoxy) is 4. The summed E-state index contributed by atoms with van der Waals surface area (Å²) in [6.45, 7) is -1.37. The highest BCUT2D eigenvalue weighted by Crippen LogP contribution is 2.37. The van der Waals surface area contributed by atoms with Crippen LogP contribution in [0.25, 0.3) is 22.3 Å². The number of hydrogen-bond donors (Lipinski definition) is 10. The molecule has 43 heavy (non-hydrogen) atoms. The van der Waals surface area contributed by atoms with E-state index < -0.39 is 103 Å². The van der Waals surface area contributed by atoms with Gasteiger partial charge in [-0.2, -0.15) is 0 Å². The van der Waals surface area contributed by atoms with E-state index in [0.717, 1.165) is 12.1 Å². The molecule has 10 atom stereocenters. The van der Waals surface area contributed by atoms with E-state index in [1.807, 2.05) is 0 Å². The van der Waals surface area contributed by atoms with Crippen LogP contribution in [-0.2, 0) is 14.2 Å². The second-order valence-corrected chi connectivity index (χ2v) is 10.1. The minimum atomic E-state index is -1.95. The van der Waals surface area contributed by atoms with Gasteiger partial charge in [-0.05, 0) is 24.3 Å². The molecular formula is C27H30O16. The van der Waals surface area contributed by atoms with Gasteiger partial charge in [0.2, 0.25) is 17.5 Å². The van der Waals surface area contributed by atoms with Gasteiger partial charge in [-0.3, -0.25) is 4.79 Å². The Morgan fingerprint density at radius 3 is 1.98 bits per heavy atom. The Labute approximate surface area is 241 Å². The number of aliphatic hydroxyl groups excluding tert-OH is 7. The molecule has 16 heteroatoms. The summed E-state index contributed by atoms with van der Waals surface area (Å²) < 4.78 is 27.8. The summed E-state index contributed by atoms with van der Waals surface area (Å²) in [7, 11) is 0. The molecule has 1 aromatic heterocycles. The van der Waals surface area contributed by atoms with Crippen molar-refractivity contribution in [3.8, 4) is 34.3 Å². The highest BCUT2D eigenvalue weighted by Gasteiger charge is 2.48. The zero-order chi connectivity index (χ0) is 31.2. The van der Waals surface area contributed by atoms with Crippen LogP contribution >= 0.6 is 0 Å². The molecule has 0 saturated carbocycles. The first-order valence-corrected chi connectivity index (χ1v) is 13.0. The maximum atomic E-state index is 13.6. The van der Waals surface area contributed by atoms with Gasteiger partial charge in [0.1, 0.15) is 77.0 Å². The summed E-state index contributed by atoms with van der Waals surface area (Å²) >= 11 is 0. The van der Waals surface area contributed by atoms with Crippen molar-refractivity contribution < 1.29 is 74.4 Å². The Bertz CT molecular complexity index is 1490. The molecule has 16 nitrogen and oxygen atoms in total. The fourth-order valence-electron chi connectivity index (χ4n) is 4.84. The highest BCUT2D eigenvalue weighted by atomic mass is 16.7. The third kappa shape index (κ3) is 5.85. The van der Waals surface area contributed by atoms with Gasteiger partial charge in [-0.25, -0.2) is 0 Å². The quantitative estimate of drug-likeness (QED) is 0.133. The number of benzene rings is 2. The molecule has 0 aliphatic carbocycles. The van der Waals surface area contributed by atoms with E-state index in [-0.39, 0.29) is 22.7 Å². The lowest BCUT2D eigenvalue weighted by Crippen LogP contribution is -2.62. The summed E-state index contributed by atoms with van der Waals surface area (Å²) in [5.41, 5.74) is -1.01. The number of aliphatic hydroxyl groups is 7. The molecule has 2 aliphatic heterocycles. The van der Waals surface area contributed by atoms with Gasteiger partial charge in [-0.15, -0.1) is 0 Å². The maximum Gasteiger partial charge on any atom is 0.239 e. The van der Waals surface area contributed by atoms with Crippen LogP contribution in [0.15, 0.2) is 45.6 Å². The van der Waals surface area contributed by atoms with Crippen molar-refractivity contribution in [2.24, 2.45) is 0 Å². The summed E-state index contributed by atoms with van der Waals surface area (Å²) in [5, 5.41) is 101. The van der Waals surface area contributed by atoms with Crippen molar-refractivity contribution in [3.05, 3.63) is 46.6 Å². The standard InChI is InChI=1S/C27H30O16/c28-7-14-17(32)20(35)22(37)26(41-14)39-8-15-18(33)21(36)23(38)27(42-15)43-25-19(34)16-12(31)5-11(30)6-13(16)40-24(25)9-1-3-10(29)4-2-9/h1-6,14-15,17-18,20-23,26-33,35-38H,7-8H2/t14?,15?,17-,18+,20+,21?,22?,23?,26-,27+/m1/s1. The van der Waals surface area contributed by atoms with Crippen molar-refractivity contribution in [1.29, 1.82) is 0 Å². The average molecular weight is 611 g/mol. The Balaban J connectivity index is 1.45. The third-order valence-electron chi connectivity index (χ3n) is 7.22. The summed E-state index contributed by atoms with van der Waals surface area (Å²) in [6.07, 6.45) is -17.1. The fourth-order valence-corrected chi connectivity index (χ4v) is 4.84. The first-order valence-electron chi connectivity index (χ1n) is 13.0. The van der Waals surface area contributed by atoms with E-state index in [2.05, 4.69) is 0 Å². The molecule has 0 radical (unpaired) electrons. The molecular weight excluding hydrogens is 580 g/mol. The number of rotatable bonds is 7. The predicted octanol–water partition coefficient (Wildman–Crippen LogP) is -2.42. The normalized spacial score (nSPS) is 33.0. The van der Waals surface area contributed by atoms with Crippen molar-refractivity contribution in [2.45, 2.75) is 61.4 Å². The van der Waals surface area contributed by atoms with Crippen LogP contribution in [0.2, 0.25) is 0 Å². The topological polar surface area (TPSA) is 269 Å². The Kier molecular flexibility index (Phi) is 8.77. The number of phenolic OH excluding ortho intramolecular Hbond substituents is 3. The Morgan fingerprint density at radius 1 is 0.721 bits per heavy atom. The van der Waals surface area contributed by atoms with Crippen LogP contribution < -0.4 is 10.2 Å². The summed E-state index contributed by atoms with van der Waals surface area (Å²) in [6, 6.07) is 7.25. The molecule has 5 rings (SSSR count). The van der Waals surface area contributed by atoms with Crippen LogP contribution in [0, 0.1) is 0 Å². The van der Waals surface area contributed by atoms with Crippen LogP contribution in [0.4, 0.5) is 0 Å². The molecule has 2 aliphatic rings. The highest BCUT2D eigenvalue weighted by molar-refractivity contribution is 5.88. The minimum absolute atomic E-state index is 0.116. The van der Waals surface area contributed by atoms with E-state index in [4.69, 9.17) is 23.4 Å². The molecule has 0 bridgehead atoms. The molecule has 3 heterocycles. The number of aromatic hydroxyl groups is 3. The lowest BCUT2D eigenvalue weighted by atomic mass is 9.98. The Morgan fingerprint density at radius 2 is 1.33 bits per heavy atom. The molecule has 5 unspecified atom stereocenters. The summed E-state index contributed by atoms with van der Waals surface area (Å²) in [5.74, 6) is -2.07. The van der Waals surface area contributed by atoms with E-state index in [0.29, 0.717) is 0 Å². The Hall–Kier alpha value is -3.55. The lowest BCUT2D eigenvalue weighted by Gasteiger charge is -2.42. The van der Waals surface area contributed by atoms with Crippen molar-refractivity contribution in [2.75, 3.05) is 13.2 Å². The zero-order valence-electron chi connectivity index (χ0n) is 22.1. The van der Waals surface area contributed by atoms with Crippen molar-refractivity contribution >= 4 is 11.0 Å². The minimum Gasteiger partial charge on any atom is -0.508 e. The number of hydrogen-bond acceptors (Lipinski definition) is 16. The monoisotopic (exact) mass is 610 g/mol. The predicted molar refractivity (Wildman–Crippen MR) is 140 cm³/mol. The second kappa shape index (κ2) is 12.2. The fraction of sp³-hybridized carbons (Fsp3) is 0.444. The van der Waals surface area contributed by atoms with E-state index in [1.165, 1.54) is 24.3 Å². The van der Waals surface area contributed by atoms with Gasteiger partial charge in [-0.1, -0.05) is 0 Å². The molecule has 3 aromatic rings. The molecule has 10 N–H and O–H groups in total. The maximum absolute atomic E-state index is 13.6. The molecule has 234 valence electrons. The van der Waals surface area contributed by atoms with Gasteiger partial charge in [0.15, 0.2) is 12.1 Å². The van der Waals surface area contributed by atoms with Crippen molar-refractivity contribution in [3.63, 3.8) is 0 Å². The smallest absolute Gasteiger partial charge is 0.239 e. The van der Waals surface area contributed by atoms with Gasteiger partial charge >= 0.3 is 0 Å². The van der Waals surface area contributed by atoms with Crippen molar-refractivity contribution in [1.82, 2.24) is 0 Å². The van der Waals surface area contributed by atoms with Crippen LogP contribution in [0.5, 0.6) is 23.0 Å². The SMILES string of the molecule is O=c1c(O[C@@H]2OC(CO[C@@H]3OC(CO)[C@@H](O)[C@H](O)C3O)[C@H](O)C(O)C2O)c(-c2ccc(O)cc2)oc2cc(O)cc(O)c12. The zero-order valence-corrected chi connectivity index (χ0v) is 22.1. The first kappa shape index (κ1) is 30.9. The van der Waals surface area contributed by atoms with Gasteiger partial charge in [0.05, 0.1) is 13.2 Å². The van der Waals surface area contributed by atoms with Gasteiger partial charge in [0.25, 0.3) is 0 Å². The van der Waals surface area contributed by atoms with E-state index in [9.17, 15) is 55.9 Å². The van der Waals surface area contributed by atoms with Crippen LogP contribution in [0.3, 0.4) is 0 Å². The molecule has 2 saturated heterocycles. The average Bonchev–Trinajstić information content (AvgIpc) is 2.97. The molecule has 0 spiro atoms. The van der Waals surface area contributed by atoms with E-state index >= 15 is 0 Å². The number of fused-ring (bicyclic) bond motifs is 1. The lowest BCUT2D eigenvalue weighted by molar-refractivity contribution is -0.323. The number of phenols is 3. The molecule has 0 amide bonds. The van der Waals surface area contributed by atoms with Gasteiger partial charge in [0, 0.05) is 17.7 Å².